The largest absolute Gasteiger partial charge is 0.469 e. The Morgan fingerprint density at radius 3 is 2.56 bits per heavy atom. The topological polar surface area (TPSA) is 43.4 Å². The van der Waals surface area contributed by atoms with Gasteiger partial charge in [-0.2, -0.15) is 0 Å². The highest BCUT2D eigenvalue weighted by Crippen LogP contribution is 2.33. The zero-order valence-electron chi connectivity index (χ0n) is 8.22. The molecule has 0 heterocycles. The van der Waals surface area contributed by atoms with Crippen LogP contribution in [0.4, 0.5) is 0 Å². The molecule has 3 nitrogen and oxygen atoms in total. The van der Waals surface area contributed by atoms with Crippen LogP contribution in [0.1, 0.15) is 16.8 Å². The van der Waals surface area contributed by atoms with Gasteiger partial charge in [-0.3, -0.25) is 9.59 Å². The number of ether oxygens (including phenoxy) is 1. The lowest BCUT2D eigenvalue weighted by Crippen LogP contribution is -2.10. The van der Waals surface area contributed by atoms with E-state index in [0.717, 1.165) is 0 Å². The quantitative estimate of drug-likeness (QED) is 0.353. The number of methoxy groups -OCH3 is 1. The van der Waals surface area contributed by atoms with Crippen LogP contribution < -0.4 is 0 Å². The fourth-order valence-corrected chi connectivity index (χ4v) is 2.37. The number of carbonyl (C=O) groups excluding carboxylic acids is 2. The fraction of sp³-hybridized carbons (Fsp3) is 0.200. The molecule has 0 fully saturated rings. The lowest BCUT2D eigenvalue weighted by atomic mass is 10.1. The van der Waals surface area contributed by atoms with E-state index in [1.54, 1.807) is 12.1 Å². The van der Waals surface area contributed by atoms with Crippen molar-refractivity contribution in [2.75, 3.05) is 7.11 Å². The molecule has 6 heteroatoms. The average Bonchev–Trinajstić information content (AvgIpc) is 2.25. The van der Waals surface area contributed by atoms with E-state index in [-0.39, 0.29) is 12.2 Å². The molecular formula is C10H7Br2ClO3. The van der Waals surface area contributed by atoms with E-state index in [1.807, 2.05) is 0 Å². The Bertz CT molecular complexity index is 446. The minimum absolute atomic E-state index is 0.299. The van der Waals surface area contributed by atoms with Gasteiger partial charge in [0, 0.05) is 14.5 Å². The first kappa shape index (κ1) is 13.7. The summed E-state index contributed by atoms with van der Waals surface area (Å²) in [5, 5.41) is 0.399. The summed E-state index contributed by atoms with van der Waals surface area (Å²) >= 11 is 12.4. The maximum Gasteiger partial charge on any atom is 0.313 e. The zero-order valence-corrected chi connectivity index (χ0v) is 12.1. The molecule has 0 aliphatic rings. The van der Waals surface area contributed by atoms with Crippen LogP contribution in [0.15, 0.2) is 21.1 Å². The van der Waals surface area contributed by atoms with Gasteiger partial charge in [-0.1, -0.05) is 11.6 Å². The van der Waals surface area contributed by atoms with E-state index >= 15 is 0 Å². The van der Waals surface area contributed by atoms with Crippen molar-refractivity contribution in [3.8, 4) is 0 Å². The summed E-state index contributed by atoms with van der Waals surface area (Å²) in [6.07, 6.45) is -0.299. The summed E-state index contributed by atoms with van der Waals surface area (Å²) in [5.74, 6) is -0.913. The van der Waals surface area contributed by atoms with Gasteiger partial charge < -0.3 is 4.74 Å². The SMILES string of the molecule is COC(=O)CC(=O)c1ccc(Br)c(Cl)c1Br. The molecule has 0 atom stereocenters. The van der Waals surface area contributed by atoms with E-state index in [1.165, 1.54) is 7.11 Å². The van der Waals surface area contributed by atoms with E-state index < -0.39 is 5.97 Å². The van der Waals surface area contributed by atoms with Crippen molar-refractivity contribution in [2.24, 2.45) is 0 Å². The van der Waals surface area contributed by atoms with Gasteiger partial charge in [-0.15, -0.1) is 0 Å². The molecule has 0 bridgehead atoms. The Labute approximate surface area is 114 Å². The normalized spacial score (nSPS) is 10.0. The first-order chi connectivity index (χ1) is 7.47. The summed E-state index contributed by atoms with van der Waals surface area (Å²) in [6, 6.07) is 3.24. The number of hydrogen-bond acceptors (Lipinski definition) is 3. The van der Waals surface area contributed by atoms with E-state index in [2.05, 4.69) is 36.6 Å². The van der Waals surface area contributed by atoms with Gasteiger partial charge in [0.2, 0.25) is 0 Å². The van der Waals surface area contributed by atoms with Gasteiger partial charge in [0.05, 0.1) is 12.1 Å². The minimum Gasteiger partial charge on any atom is -0.469 e. The van der Waals surface area contributed by atoms with Gasteiger partial charge in [0.1, 0.15) is 6.42 Å². The highest BCUT2D eigenvalue weighted by molar-refractivity contribution is 9.11. The van der Waals surface area contributed by atoms with Crippen LogP contribution in [0.25, 0.3) is 0 Å². The van der Waals surface area contributed by atoms with Gasteiger partial charge in [0.25, 0.3) is 0 Å². The second-order valence-electron chi connectivity index (χ2n) is 2.90. The van der Waals surface area contributed by atoms with E-state index in [0.29, 0.717) is 19.5 Å². The van der Waals surface area contributed by atoms with Crippen LogP contribution in [0.3, 0.4) is 0 Å². The molecule has 0 saturated heterocycles. The lowest BCUT2D eigenvalue weighted by Gasteiger charge is -2.06. The maximum absolute atomic E-state index is 11.7. The third kappa shape index (κ3) is 3.06. The monoisotopic (exact) mass is 368 g/mol. The summed E-state index contributed by atoms with van der Waals surface area (Å²) < 4.78 is 5.57. The Balaban J connectivity index is 3.01. The highest BCUT2D eigenvalue weighted by Gasteiger charge is 2.17. The van der Waals surface area contributed by atoms with Crippen LogP contribution in [0.2, 0.25) is 5.02 Å². The zero-order chi connectivity index (χ0) is 12.3. The van der Waals surface area contributed by atoms with Crippen molar-refractivity contribution < 1.29 is 14.3 Å². The fourth-order valence-electron chi connectivity index (χ4n) is 1.04. The number of hydrogen-bond donors (Lipinski definition) is 0. The third-order valence-electron chi connectivity index (χ3n) is 1.87. The molecule has 16 heavy (non-hydrogen) atoms. The lowest BCUT2D eigenvalue weighted by molar-refractivity contribution is -0.139. The Kier molecular flexibility index (Phi) is 4.95. The molecular weight excluding hydrogens is 363 g/mol. The van der Waals surface area contributed by atoms with Crippen LogP contribution >= 0.6 is 43.5 Å². The summed E-state index contributed by atoms with van der Waals surface area (Å²) in [7, 11) is 1.24. The molecule has 1 aromatic rings. The Hall–Kier alpha value is -0.390. The number of esters is 1. The second kappa shape index (κ2) is 5.80. The van der Waals surface area contributed by atoms with Crippen LogP contribution in [-0.4, -0.2) is 18.9 Å². The molecule has 1 rings (SSSR count). The van der Waals surface area contributed by atoms with Crippen LogP contribution in [-0.2, 0) is 9.53 Å². The number of Topliss-reactive ketones (excluding diaryl/α,β-unsaturated/α-hetero) is 1. The number of ketones is 1. The summed E-state index contributed by atoms with van der Waals surface area (Å²) in [4.78, 5) is 22.7. The molecule has 1 aromatic carbocycles. The van der Waals surface area contributed by atoms with E-state index in [9.17, 15) is 9.59 Å². The first-order valence-corrected chi connectivity index (χ1v) is 6.17. The summed E-state index contributed by atoms with van der Waals surface area (Å²) in [5.41, 5.74) is 0.360. The van der Waals surface area contributed by atoms with Crippen molar-refractivity contribution in [1.82, 2.24) is 0 Å². The predicted molar refractivity (Wildman–Crippen MR) is 67.8 cm³/mol. The Morgan fingerprint density at radius 2 is 2.00 bits per heavy atom. The van der Waals surface area contributed by atoms with Crippen molar-refractivity contribution in [2.45, 2.75) is 6.42 Å². The maximum atomic E-state index is 11.7. The van der Waals surface area contributed by atoms with E-state index in [4.69, 9.17) is 11.6 Å². The predicted octanol–water partition coefficient (Wildman–Crippen LogP) is 3.61. The van der Waals surface area contributed by atoms with Crippen molar-refractivity contribution >= 4 is 55.2 Å². The molecule has 0 aromatic heterocycles. The molecule has 86 valence electrons. The Morgan fingerprint density at radius 1 is 1.38 bits per heavy atom. The molecule has 0 amide bonds. The second-order valence-corrected chi connectivity index (χ2v) is 4.92. The van der Waals surface area contributed by atoms with Crippen LogP contribution in [0, 0.1) is 0 Å². The van der Waals surface area contributed by atoms with Crippen molar-refractivity contribution in [3.63, 3.8) is 0 Å². The van der Waals surface area contributed by atoms with Gasteiger partial charge in [-0.05, 0) is 44.0 Å². The van der Waals surface area contributed by atoms with Gasteiger partial charge in [0.15, 0.2) is 5.78 Å². The van der Waals surface area contributed by atoms with Gasteiger partial charge in [-0.25, -0.2) is 0 Å². The van der Waals surface area contributed by atoms with Crippen molar-refractivity contribution in [3.05, 3.63) is 31.7 Å². The van der Waals surface area contributed by atoms with Crippen molar-refractivity contribution in [1.29, 1.82) is 0 Å². The third-order valence-corrected chi connectivity index (χ3v) is 4.20. The molecule has 0 N–H and O–H groups in total. The number of rotatable bonds is 3. The molecule has 0 aliphatic heterocycles. The molecule has 0 radical (unpaired) electrons. The molecule has 0 spiro atoms. The average molecular weight is 370 g/mol. The van der Waals surface area contributed by atoms with Crippen LogP contribution in [0.5, 0.6) is 0 Å². The molecule has 0 saturated carbocycles. The highest BCUT2D eigenvalue weighted by atomic mass is 79.9. The molecule has 0 aliphatic carbocycles. The minimum atomic E-state index is -0.573. The standard InChI is InChI=1S/C10H7Br2ClO3/c1-16-8(15)4-7(14)5-2-3-6(11)10(13)9(5)12/h2-3H,4H2,1H3. The molecule has 0 unspecified atom stereocenters. The number of benzene rings is 1. The summed E-state index contributed by atoms with van der Waals surface area (Å²) in [6.45, 7) is 0. The first-order valence-electron chi connectivity index (χ1n) is 4.21. The van der Waals surface area contributed by atoms with Gasteiger partial charge >= 0.3 is 5.97 Å². The number of carbonyl (C=O) groups is 2. The smallest absolute Gasteiger partial charge is 0.313 e. The number of halogens is 3.